The highest BCUT2D eigenvalue weighted by Gasteiger charge is 2.17. The van der Waals surface area contributed by atoms with Gasteiger partial charge in [-0.15, -0.1) is 0 Å². The van der Waals surface area contributed by atoms with Crippen molar-refractivity contribution in [2.75, 3.05) is 6.61 Å². The fraction of sp³-hybridized carbons (Fsp3) is 0.625. The number of hydrogen-bond donors (Lipinski definition) is 1. The summed E-state index contributed by atoms with van der Waals surface area (Å²) in [4.78, 5) is 0. The SMILES string of the molecule is Cc1ccc(C(O)CCC2CCCCO2)c(C)c1. The molecular weight excluding hydrogens is 224 g/mol. The van der Waals surface area contributed by atoms with E-state index in [-0.39, 0.29) is 6.10 Å². The zero-order valence-corrected chi connectivity index (χ0v) is 11.5. The number of aliphatic hydroxyl groups is 1. The van der Waals surface area contributed by atoms with Crippen molar-refractivity contribution in [3.05, 3.63) is 34.9 Å². The van der Waals surface area contributed by atoms with Gasteiger partial charge in [0, 0.05) is 6.61 Å². The Hall–Kier alpha value is -0.860. The molecule has 1 N–H and O–H groups in total. The first kappa shape index (κ1) is 13.6. The van der Waals surface area contributed by atoms with Gasteiger partial charge in [-0.25, -0.2) is 0 Å². The standard InChI is InChI=1S/C16H24O2/c1-12-6-8-15(13(2)11-12)16(17)9-7-14-5-3-4-10-18-14/h6,8,11,14,16-17H,3-5,7,9-10H2,1-2H3. The first-order chi connectivity index (χ1) is 8.66. The summed E-state index contributed by atoms with van der Waals surface area (Å²) in [5.74, 6) is 0. The van der Waals surface area contributed by atoms with E-state index in [4.69, 9.17) is 4.74 Å². The molecule has 0 spiro atoms. The van der Waals surface area contributed by atoms with Crippen LogP contribution in [0.25, 0.3) is 0 Å². The van der Waals surface area contributed by atoms with Crippen LogP contribution in [0.4, 0.5) is 0 Å². The van der Waals surface area contributed by atoms with Crippen molar-refractivity contribution in [2.24, 2.45) is 0 Å². The highest BCUT2D eigenvalue weighted by atomic mass is 16.5. The monoisotopic (exact) mass is 248 g/mol. The van der Waals surface area contributed by atoms with E-state index in [1.807, 2.05) is 0 Å². The van der Waals surface area contributed by atoms with Gasteiger partial charge in [-0.2, -0.15) is 0 Å². The van der Waals surface area contributed by atoms with Crippen molar-refractivity contribution in [1.29, 1.82) is 0 Å². The largest absolute Gasteiger partial charge is 0.388 e. The molecular formula is C16H24O2. The lowest BCUT2D eigenvalue weighted by Crippen LogP contribution is -2.19. The lowest BCUT2D eigenvalue weighted by Gasteiger charge is -2.24. The molecule has 0 saturated carbocycles. The third-order valence-corrected chi connectivity index (χ3v) is 3.82. The minimum atomic E-state index is -0.351. The van der Waals surface area contributed by atoms with Crippen molar-refractivity contribution in [3.8, 4) is 0 Å². The van der Waals surface area contributed by atoms with Crippen molar-refractivity contribution in [2.45, 2.75) is 58.2 Å². The molecule has 1 fully saturated rings. The maximum absolute atomic E-state index is 10.3. The molecule has 0 amide bonds. The molecule has 1 heterocycles. The van der Waals surface area contributed by atoms with E-state index in [2.05, 4.69) is 32.0 Å². The van der Waals surface area contributed by atoms with Crippen LogP contribution in [0.1, 0.15) is 54.9 Å². The van der Waals surface area contributed by atoms with Crippen LogP contribution in [0.3, 0.4) is 0 Å². The highest BCUT2D eigenvalue weighted by Crippen LogP contribution is 2.26. The summed E-state index contributed by atoms with van der Waals surface area (Å²) in [5, 5.41) is 10.3. The summed E-state index contributed by atoms with van der Waals surface area (Å²) in [6, 6.07) is 6.26. The predicted molar refractivity (Wildman–Crippen MR) is 73.7 cm³/mol. The molecule has 0 radical (unpaired) electrons. The second-order valence-electron chi connectivity index (χ2n) is 5.44. The van der Waals surface area contributed by atoms with Crippen LogP contribution >= 0.6 is 0 Å². The van der Waals surface area contributed by atoms with Crippen molar-refractivity contribution in [3.63, 3.8) is 0 Å². The van der Waals surface area contributed by atoms with Gasteiger partial charge in [-0.1, -0.05) is 23.8 Å². The normalized spacial score (nSPS) is 21.8. The van der Waals surface area contributed by atoms with E-state index in [0.717, 1.165) is 31.4 Å². The Labute approximate surface area is 110 Å². The van der Waals surface area contributed by atoms with E-state index >= 15 is 0 Å². The fourth-order valence-corrected chi connectivity index (χ4v) is 2.73. The van der Waals surface area contributed by atoms with Gasteiger partial charge < -0.3 is 9.84 Å². The number of benzene rings is 1. The third-order valence-electron chi connectivity index (χ3n) is 3.82. The van der Waals surface area contributed by atoms with Gasteiger partial charge in [0.1, 0.15) is 0 Å². The first-order valence-electron chi connectivity index (χ1n) is 7.03. The lowest BCUT2D eigenvalue weighted by atomic mass is 9.95. The van der Waals surface area contributed by atoms with Gasteiger partial charge in [0.25, 0.3) is 0 Å². The molecule has 2 heteroatoms. The van der Waals surface area contributed by atoms with Crippen LogP contribution in [-0.2, 0) is 4.74 Å². The molecule has 1 aromatic rings. The molecule has 1 aromatic carbocycles. The van der Waals surface area contributed by atoms with Crippen molar-refractivity contribution in [1.82, 2.24) is 0 Å². The van der Waals surface area contributed by atoms with Crippen molar-refractivity contribution >= 4 is 0 Å². The fourth-order valence-electron chi connectivity index (χ4n) is 2.73. The minimum absolute atomic E-state index is 0.351. The topological polar surface area (TPSA) is 29.5 Å². The maximum Gasteiger partial charge on any atom is 0.0793 e. The number of ether oxygens (including phenoxy) is 1. The zero-order valence-electron chi connectivity index (χ0n) is 11.5. The Morgan fingerprint density at radius 3 is 2.83 bits per heavy atom. The highest BCUT2D eigenvalue weighted by molar-refractivity contribution is 5.31. The van der Waals surface area contributed by atoms with Gasteiger partial charge in [0.2, 0.25) is 0 Å². The van der Waals surface area contributed by atoms with E-state index < -0.39 is 0 Å². The molecule has 2 rings (SSSR count). The minimum Gasteiger partial charge on any atom is -0.388 e. The van der Waals surface area contributed by atoms with E-state index in [0.29, 0.717) is 6.10 Å². The molecule has 0 aliphatic carbocycles. The van der Waals surface area contributed by atoms with Crippen LogP contribution in [-0.4, -0.2) is 17.8 Å². The molecule has 2 nitrogen and oxygen atoms in total. The Morgan fingerprint density at radius 2 is 2.17 bits per heavy atom. The summed E-state index contributed by atoms with van der Waals surface area (Å²) in [5.41, 5.74) is 3.50. The molecule has 2 atom stereocenters. The molecule has 1 aliphatic heterocycles. The molecule has 1 saturated heterocycles. The Kier molecular flexibility index (Phi) is 4.79. The Balaban J connectivity index is 1.88. The summed E-state index contributed by atoms with van der Waals surface area (Å²) in [7, 11) is 0. The van der Waals surface area contributed by atoms with Crippen LogP contribution in [0, 0.1) is 13.8 Å². The van der Waals surface area contributed by atoms with Crippen LogP contribution < -0.4 is 0 Å². The molecule has 18 heavy (non-hydrogen) atoms. The smallest absolute Gasteiger partial charge is 0.0793 e. The van der Waals surface area contributed by atoms with Gasteiger partial charge in [-0.3, -0.25) is 0 Å². The second kappa shape index (κ2) is 6.35. The molecule has 0 aromatic heterocycles. The van der Waals surface area contributed by atoms with Gasteiger partial charge in [0.05, 0.1) is 12.2 Å². The number of aliphatic hydroxyl groups excluding tert-OH is 1. The van der Waals surface area contributed by atoms with Gasteiger partial charge in [-0.05, 0) is 57.1 Å². The number of aryl methyl sites for hydroxylation is 2. The van der Waals surface area contributed by atoms with Crippen molar-refractivity contribution < 1.29 is 9.84 Å². The first-order valence-corrected chi connectivity index (χ1v) is 7.03. The summed E-state index contributed by atoms with van der Waals surface area (Å²) < 4.78 is 5.70. The van der Waals surface area contributed by atoms with E-state index in [9.17, 15) is 5.11 Å². The summed E-state index contributed by atoms with van der Waals surface area (Å²) >= 11 is 0. The lowest BCUT2D eigenvalue weighted by molar-refractivity contribution is 0.00209. The zero-order chi connectivity index (χ0) is 13.0. The maximum atomic E-state index is 10.3. The molecule has 100 valence electrons. The average Bonchev–Trinajstić information content (AvgIpc) is 2.37. The van der Waals surface area contributed by atoms with Crippen LogP contribution in [0.2, 0.25) is 0 Å². The molecule has 2 unspecified atom stereocenters. The third kappa shape index (κ3) is 3.56. The number of hydrogen-bond acceptors (Lipinski definition) is 2. The van der Waals surface area contributed by atoms with Crippen LogP contribution in [0.5, 0.6) is 0 Å². The van der Waals surface area contributed by atoms with E-state index in [1.54, 1.807) is 0 Å². The molecule has 0 bridgehead atoms. The average molecular weight is 248 g/mol. The van der Waals surface area contributed by atoms with E-state index in [1.165, 1.54) is 24.0 Å². The predicted octanol–water partition coefficient (Wildman–Crippen LogP) is 3.69. The van der Waals surface area contributed by atoms with Gasteiger partial charge >= 0.3 is 0 Å². The quantitative estimate of drug-likeness (QED) is 0.880. The van der Waals surface area contributed by atoms with Crippen LogP contribution in [0.15, 0.2) is 18.2 Å². The second-order valence-corrected chi connectivity index (χ2v) is 5.44. The summed E-state index contributed by atoms with van der Waals surface area (Å²) in [6.07, 6.45) is 5.39. The molecule has 1 aliphatic rings. The Bertz CT molecular complexity index is 381. The summed E-state index contributed by atoms with van der Waals surface area (Å²) in [6.45, 7) is 5.05. The number of rotatable bonds is 4. The van der Waals surface area contributed by atoms with Gasteiger partial charge in [0.15, 0.2) is 0 Å². The Morgan fingerprint density at radius 1 is 1.33 bits per heavy atom.